The van der Waals surface area contributed by atoms with E-state index in [1.54, 1.807) is 6.07 Å². The summed E-state index contributed by atoms with van der Waals surface area (Å²) < 4.78 is 35.4. The number of rotatable bonds is 4. The third kappa shape index (κ3) is 4.50. The second kappa shape index (κ2) is 5.92. The van der Waals surface area contributed by atoms with Crippen molar-refractivity contribution in [2.75, 3.05) is 22.6 Å². The molecule has 1 aliphatic rings. The molecule has 0 unspecified atom stereocenters. The zero-order chi connectivity index (χ0) is 13.9. The molecule has 1 aliphatic heterocycles. The third-order valence-corrected chi connectivity index (χ3v) is 6.03. The Morgan fingerprint density at radius 1 is 1.47 bits per heavy atom. The van der Waals surface area contributed by atoms with Crippen molar-refractivity contribution in [2.24, 2.45) is 0 Å². The molecule has 0 spiro atoms. The number of sulfone groups is 1. The molecule has 19 heavy (non-hydrogen) atoms. The number of anilines is 1. The van der Waals surface area contributed by atoms with E-state index >= 15 is 0 Å². The summed E-state index contributed by atoms with van der Waals surface area (Å²) in [7, 11) is -2.91. The van der Waals surface area contributed by atoms with Crippen molar-refractivity contribution in [2.45, 2.75) is 11.7 Å². The minimum atomic E-state index is -2.91. The quantitative estimate of drug-likeness (QED) is 0.919. The average Bonchev–Trinajstić information content (AvgIpc) is 2.66. The molecule has 104 valence electrons. The van der Waals surface area contributed by atoms with Gasteiger partial charge in [-0.15, -0.1) is 11.8 Å². The fourth-order valence-corrected chi connectivity index (χ4v) is 5.29. The molecule has 1 aromatic carbocycles. The Bertz CT molecular complexity index is 574. The van der Waals surface area contributed by atoms with Gasteiger partial charge in [-0.1, -0.05) is 6.07 Å². The monoisotopic (exact) mass is 303 g/mol. The van der Waals surface area contributed by atoms with Crippen molar-refractivity contribution in [3.05, 3.63) is 30.1 Å². The standard InChI is InChI=1S/C12H14FNO3S2/c13-9-2-1-3-10(6-9)14-12(15)7-18-11-4-5-19(16,17)8-11/h1-3,6,11H,4-5,7-8H2,(H,14,15)/t11-/m1/s1. The second-order valence-electron chi connectivity index (χ2n) is 4.39. The normalized spacial score (nSPS) is 21.2. The van der Waals surface area contributed by atoms with E-state index in [4.69, 9.17) is 0 Å². The predicted octanol–water partition coefficient (Wildman–Crippen LogP) is 1.68. The van der Waals surface area contributed by atoms with E-state index in [1.807, 2.05) is 0 Å². The number of hydrogen-bond acceptors (Lipinski definition) is 4. The maximum Gasteiger partial charge on any atom is 0.234 e. The molecule has 7 heteroatoms. The first-order valence-corrected chi connectivity index (χ1v) is 8.69. The fraction of sp³-hybridized carbons (Fsp3) is 0.417. The van der Waals surface area contributed by atoms with Crippen molar-refractivity contribution in [3.63, 3.8) is 0 Å². The van der Waals surface area contributed by atoms with E-state index < -0.39 is 15.7 Å². The van der Waals surface area contributed by atoms with Gasteiger partial charge in [-0.25, -0.2) is 12.8 Å². The molecule has 0 radical (unpaired) electrons. The number of halogens is 1. The molecule has 0 aliphatic carbocycles. The molecule has 1 aromatic rings. The van der Waals surface area contributed by atoms with Crippen LogP contribution in [0.2, 0.25) is 0 Å². The lowest BCUT2D eigenvalue weighted by atomic mass is 10.3. The van der Waals surface area contributed by atoms with Gasteiger partial charge in [0.15, 0.2) is 9.84 Å². The summed E-state index contributed by atoms with van der Waals surface area (Å²) in [5, 5.41) is 2.57. The molecule has 1 atom stereocenters. The summed E-state index contributed by atoms with van der Waals surface area (Å²) in [6.45, 7) is 0. The Labute approximate surface area is 115 Å². The van der Waals surface area contributed by atoms with Crippen LogP contribution in [0.25, 0.3) is 0 Å². The van der Waals surface area contributed by atoms with Gasteiger partial charge in [0, 0.05) is 10.9 Å². The number of thioether (sulfide) groups is 1. The van der Waals surface area contributed by atoms with Crippen LogP contribution in [0.1, 0.15) is 6.42 Å². The highest BCUT2D eigenvalue weighted by atomic mass is 32.2. The lowest BCUT2D eigenvalue weighted by molar-refractivity contribution is -0.113. The van der Waals surface area contributed by atoms with Crippen molar-refractivity contribution >= 4 is 33.2 Å². The van der Waals surface area contributed by atoms with Gasteiger partial charge in [-0.3, -0.25) is 4.79 Å². The Kier molecular flexibility index (Phi) is 4.46. The first-order valence-electron chi connectivity index (χ1n) is 5.82. The summed E-state index contributed by atoms with van der Waals surface area (Å²) in [4.78, 5) is 11.6. The van der Waals surface area contributed by atoms with E-state index in [-0.39, 0.29) is 28.4 Å². The minimum Gasteiger partial charge on any atom is -0.325 e. The summed E-state index contributed by atoms with van der Waals surface area (Å²) >= 11 is 1.33. The molecule has 1 amide bonds. The highest BCUT2D eigenvalue weighted by molar-refractivity contribution is 8.02. The van der Waals surface area contributed by atoms with Gasteiger partial charge < -0.3 is 5.32 Å². The van der Waals surface area contributed by atoms with E-state index in [1.165, 1.54) is 30.0 Å². The van der Waals surface area contributed by atoms with Crippen LogP contribution in [-0.2, 0) is 14.6 Å². The van der Waals surface area contributed by atoms with Crippen LogP contribution in [0.15, 0.2) is 24.3 Å². The fourth-order valence-electron chi connectivity index (χ4n) is 1.85. The Morgan fingerprint density at radius 2 is 2.26 bits per heavy atom. The molecule has 2 rings (SSSR count). The molecule has 4 nitrogen and oxygen atoms in total. The summed E-state index contributed by atoms with van der Waals surface area (Å²) in [6, 6.07) is 5.66. The molecular formula is C12H14FNO3S2. The Balaban J connectivity index is 1.79. The number of hydrogen-bond donors (Lipinski definition) is 1. The second-order valence-corrected chi connectivity index (χ2v) is 7.91. The van der Waals surface area contributed by atoms with Crippen molar-refractivity contribution in [1.29, 1.82) is 0 Å². The van der Waals surface area contributed by atoms with Gasteiger partial charge in [0.25, 0.3) is 0 Å². The number of benzene rings is 1. The molecule has 1 heterocycles. The molecule has 0 aromatic heterocycles. The minimum absolute atomic E-state index is 0.0109. The zero-order valence-electron chi connectivity index (χ0n) is 10.1. The highest BCUT2D eigenvalue weighted by Crippen LogP contribution is 2.24. The molecule has 1 N–H and O–H groups in total. The Morgan fingerprint density at radius 3 is 2.89 bits per heavy atom. The Hall–Kier alpha value is -1.08. The van der Waals surface area contributed by atoms with Gasteiger partial charge >= 0.3 is 0 Å². The van der Waals surface area contributed by atoms with Gasteiger partial charge in [0.1, 0.15) is 5.82 Å². The van der Waals surface area contributed by atoms with E-state index in [2.05, 4.69) is 5.32 Å². The van der Waals surface area contributed by atoms with E-state index in [0.29, 0.717) is 12.1 Å². The van der Waals surface area contributed by atoms with Crippen LogP contribution in [0.4, 0.5) is 10.1 Å². The average molecular weight is 303 g/mol. The van der Waals surface area contributed by atoms with Crippen LogP contribution < -0.4 is 5.32 Å². The maximum atomic E-state index is 12.9. The van der Waals surface area contributed by atoms with Crippen molar-refractivity contribution in [3.8, 4) is 0 Å². The molecule has 0 saturated carbocycles. The van der Waals surface area contributed by atoms with Gasteiger partial charge in [-0.2, -0.15) is 0 Å². The van der Waals surface area contributed by atoms with E-state index in [9.17, 15) is 17.6 Å². The largest absolute Gasteiger partial charge is 0.325 e. The van der Waals surface area contributed by atoms with Crippen LogP contribution in [0.3, 0.4) is 0 Å². The zero-order valence-corrected chi connectivity index (χ0v) is 11.8. The first kappa shape index (κ1) is 14.3. The SMILES string of the molecule is O=C(CS[C@@H]1CCS(=O)(=O)C1)Nc1cccc(F)c1. The topological polar surface area (TPSA) is 63.2 Å². The number of carbonyl (C=O) groups is 1. The van der Waals surface area contributed by atoms with Crippen LogP contribution >= 0.6 is 11.8 Å². The van der Waals surface area contributed by atoms with Crippen molar-refractivity contribution in [1.82, 2.24) is 0 Å². The van der Waals surface area contributed by atoms with Crippen LogP contribution in [-0.4, -0.2) is 36.8 Å². The lowest BCUT2D eigenvalue weighted by Crippen LogP contribution is -2.17. The summed E-state index contributed by atoms with van der Waals surface area (Å²) in [5.41, 5.74) is 0.407. The van der Waals surface area contributed by atoms with Gasteiger partial charge in [0.2, 0.25) is 5.91 Å². The smallest absolute Gasteiger partial charge is 0.234 e. The van der Waals surface area contributed by atoms with Crippen molar-refractivity contribution < 1.29 is 17.6 Å². The van der Waals surface area contributed by atoms with Crippen LogP contribution in [0.5, 0.6) is 0 Å². The van der Waals surface area contributed by atoms with Gasteiger partial charge in [0.05, 0.1) is 17.3 Å². The molecule has 1 fully saturated rings. The van der Waals surface area contributed by atoms with Gasteiger partial charge in [-0.05, 0) is 24.6 Å². The molecular weight excluding hydrogens is 289 g/mol. The summed E-state index contributed by atoms with van der Waals surface area (Å²) in [5.74, 6) is -0.134. The lowest BCUT2D eigenvalue weighted by Gasteiger charge is -2.08. The predicted molar refractivity (Wildman–Crippen MR) is 74.5 cm³/mol. The number of nitrogens with one attached hydrogen (secondary N) is 1. The third-order valence-electron chi connectivity index (χ3n) is 2.75. The highest BCUT2D eigenvalue weighted by Gasteiger charge is 2.28. The molecule has 0 bridgehead atoms. The van der Waals surface area contributed by atoms with Crippen LogP contribution in [0, 0.1) is 5.82 Å². The number of amides is 1. The number of carbonyl (C=O) groups excluding carboxylic acids is 1. The summed E-state index contributed by atoms with van der Waals surface area (Å²) in [6.07, 6.45) is 0.597. The maximum absolute atomic E-state index is 12.9. The first-order chi connectivity index (χ1) is 8.94. The molecule has 1 saturated heterocycles. The van der Waals surface area contributed by atoms with E-state index in [0.717, 1.165) is 0 Å².